The summed E-state index contributed by atoms with van der Waals surface area (Å²) in [5, 5.41) is 0. The Kier molecular flexibility index (Phi) is 4.84. The van der Waals surface area contributed by atoms with Crippen molar-refractivity contribution in [2.24, 2.45) is 0 Å². The zero-order valence-electron chi connectivity index (χ0n) is 16.0. The topological polar surface area (TPSA) is 64.4 Å². The first-order valence-corrected chi connectivity index (χ1v) is 9.47. The molecule has 0 spiro atoms. The summed E-state index contributed by atoms with van der Waals surface area (Å²) in [6.45, 7) is 6.13. The highest BCUT2D eigenvalue weighted by Gasteiger charge is 2.29. The van der Waals surface area contributed by atoms with Crippen LogP contribution in [0.15, 0.2) is 24.4 Å². The van der Waals surface area contributed by atoms with E-state index in [9.17, 15) is 9.59 Å². The van der Waals surface area contributed by atoms with Crippen LogP contribution in [0, 0.1) is 0 Å². The van der Waals surface area contributed by atoms with Gasteiger partial charge in [-0.25, -0.2) is 4.98 Å². The summed E-state index contributed by atoms with van der Waals surface area (Å²) in [7, 11) is 4.11. The lowest BCUT2D eigenvalue weighted by molar-refractivity contribution is 0.0649. The van der Waals surface area contributed by atoms with E-state index in [0.29, 0.717) is 43.2 Å². The molecular weight excluding hydrogens is 344 g/mol. The molecule has 0 unspecified atom stereocenters. The number of hydrogen-bond acceptors (Lipinski definition) is 5. The number of piperazine rings is 2. The van der Waals surface area contributed by atoms with Gasteiger partial charge in [0.15, 0.2) is 5.69 Å². The van der Waals surface area contributed by atoms with Gasteiger partial charge in [-0.15, -0.1) is 0 Å². The molecular formula is C19H26N6O2. The smallest absolute Gasteiger partial charge is 0.290 e. The molecule has 8 nitrogen and oxygen atoms in total. The Morgan fingerprint density at radius 2 is 1.37 bits per heavy atom. The molecule has 2 aromatic rings. The van der Waals surface area contributed by atoms with Gasteiger partial charge in [0.1, 0.15) is 0 Å². The molecule has 4 heterocycles. The minimum absolute atomic E-state index is 0.0933. The number of amides is 2. The summed E-state index contributed by atoms with van der Waals surface area (Å²) >= 11 is 0. The van der Waals surface area contributed by atoms with Crippen molar-refractivity contribution in [2.75, 3.05) is 66.5 Å². The highest BCUT2D eigenvalue weighted by Crippen LogP contribution is 2.18. The number of carbonyl (C=O) groups is 2. The SMILES string of the molecule is CN1CCN(C(=O)c2nc(C(=O)N3CCN(C)CC3)n3ccccc23)CC1. The van der Waals surface area contributed by atoms with E-state index in [1.165, 1.54) is 0 Å². The Hall–Kier alpha value is -2.45. The predicted octanol–water partition coefficient (Wildman–Crippen LogP) is 0.110. The molecule has 2 aliphatic heterocycles. The second kappa shape index (κ2) is 7.28. The zero-order chi connectivity index (χ0) is 19.0. The molecule has 0 aliphatic carbocycles. The fourth-order valence-electron chi connectivity index (χ4n) is 3.66. The van der Waals surface area contributed by atoms with Crippen LogP contribution in [0.4, 0.5) is 0 Å². The average Bonchev–Trinajstić information content (AvgIpc) is 3.08. The number of pyridine rings is 1. The maximum atomic E-state index is 13.1. The van der Waals surface area contributed by atoms with E-state index in [1.807, 2.05) is 34.2 Å². The van der Waals surface area contributed by atoms with Crippen LogP contribution in [0.2, 0.25) is 0 Å². The normalized spacial score (nSPS) is 19.6. The molecule has 2 amide bonds. The van der Waals surface area contributed by atoms with Gasteiger partial charge in [-0.2, -0.15) is 0 Å². The molecule has 8 heteroatoms. The number of aromatic nitrogens is 2. The van der Waals surface area contributed by atoms with Crippen LogP contribution in [0.3, 0.4) is 0 Å². The van der Waals surface area contributed by atoms with Crippen molar-refractivity contribution in [3.05, 3.63) is 35.9 Å². The Morgan fingerprint density at radius 3 is 1.96 bits per heavy atom. The van der Waals surface area contributed by atoms with Gasteiger partial charge in [0.05, 0.1) is 5.52 Å². The number of nitrogens with zero attached hydrogens (tertiary/aromatic N) is 6. The first-order chi connectivity index (χ1) is 13.0. The number of rotatable bonds is 2. The van der Waals surface area contributed by atoms with Crippen molar-refractivity contribution in [3.8, 4) is 0 Å². The Labute approximate surface area is 158 Å². The third-order valence-electron chi connectivity index (χ3n) is 5.52. The van der Waals surface area contributed by atoms with E-state index >= 15 is 0 Å². The number of imidazole rings is 1. The summed E-state index contributed by atoms with van der Waals surface area (Å²) in [5.74, 6) is 0.124. The molecule has 2 aliphatic rings. The van der Waals surface area contributed by atoms with Gasteiger partial charge < -0.3 is 19.6 Å². The fraction of sp³-hybridized carbons (Fsp3) is 0.526. The lowest BCUT2D eigenvalue weighted by Crippen LogP contribution is -2.47. The minimum atomic E-state index is -0.110. The minimum Gasteiger partial charge on any atom is -0.335 e. The van der Waals surface area contributed by atoms with Gasteiger partial charge in [0, 0.05) is 58.6 Å². The number of hydrogen-bond donors (Lipinski definition) is 0. The molecule has 2 aromatic heterocycles. The van der Waals surface area contributed by atoms with Crippen molar-refractivity contribution >= 4 is 17.3 Å². The number of fused-ring (bicyclic) bond motifs is 1. The van der Waals surface area contributed by atoms with E-state index in [2.05, 4.69) is 28.9 Å². The second-order valence-corrected chi connectivity index (χ2v) is 7.43. The van der Waals surface area contributed by atoms with E-state index in [4.69, 9.17) is 0 Å². The molecule has 0 N–H and O–H groups in total. The van der Waals surface area contributed by atoms with E-state index in [-0.39, 0.29) is 11.8 Å². The van der Waals surface area contributed by atoms with Crippen LogP contribution in [-0.2, 0) is 0 Å². The molecule has 0 aromatic carbocycles. The third kappa shape index (κ3) is 3.42. The fourth-order valence-corrected chi connectivity index (χ4v) is 3.66. The quantitative estimate of drug-likeness (QED) is 0.751. The van der Waals surface area contributed by atoms with Crippen LogP contribution in [-0.4, -0.2) is 107 Å². The summed E-state index contributed by atoms with van der Waals surface area (Å²) < 4.78 is 1.75. The van der Waals surface area contributed by atoms with Crippen LogP contribution in [0.5, 0.6) is 0 Å². The largest absolute Gasteiger partial charge is 0.335 e. The van der Waals surface area contributed by atoms with E-state index < -0.39 is 0 Å². The molecule has 27 heavy (non-hydrogen) atoms. The van der Waals surface area contributed by atoms with Gasteiger partial charge in [0.2, 0.25) is 5.82 Å². The van der Waals surface area contributed by atoms with Crippen molar-refractivity contribution in [3.63, 3.8) is 0 Å². The summed E-state index contributed by atoms with van der Waals surface area (Å²) in [5.41, 5.74) is 1.07. The molecule has 144 valence electrons. The lowest BCUT2D eigenvalue weighted by atomic mass is 10.2. The standard InChI is InChI=1S/C19H26N6O2/c1-21-7-11-23(12-8-21)18(26)16-15-5-3-4-6-25(15)17(20-16)19(27)24-13-9-22(2)10-14-24/h3-6H,7-14H2,1-2H3. The van der Waals surface area contributed by atoms with Gasteiger partial charge >= 0.3 is 0 Å². The maximum absolute atomic E-state index is 13.1. The molecule has 0 saturated carbocycles. The summed E-state index contributed by atoms with van der Waals surface area (Å²) in [6, 6.07) is 5.60. The highest BCUT2D eigenvalue weighted by atomic mass is 16.2. The summed E-state index contributed by atoms with van der Waals surface area (Å²) in [6.07, 6.45) is 1.81. The van der Waals surface area contributed by atoms with E-state index in [1.54, 1.807) is 4.40 Å². The lowest BCUT2D eigenvalue weighted by Gasteiger charge is -2.32. The molecule has 0 atom stereocenters. The first-order valence-electron chi connectivity index (χ1n) is 9.47. The predicted molar refractivity (Wildman–Crippen MR) is 102 cm³/mol. The van der Waals surface area contributed by atoms with E-state index in [0.717, 1.165) is 26.2 Å². The summed E-state index contributed by atoms with van der Waals surface area (Å²) in [4.78, 5) is 38.7. The molecule has 2 saturated heterocycles. The first kappa shape index (κ1) is 17.9. The van der Waals surface area contributed by atoms with Crippen molar-refractivity contribution in [2.45, 2.75) is 0 Å². The zero-order valence-corrected chi connectivity index (χ0v) is 16.0. The molecule has 4 rings (SSSR count). The second-order valence-electron chi connectivity index (χ2n) is 7.43. The molecule has 0 bridgehead atoms. The van der Waals surface area contributed by atoms with Crippen LogP contribution < -0.4 is 0 Å². The van der Waals surface area contributed by atoms with Crippen LogP contribution >= 0.6 is 0 Å². The van der Waals surface area contributed by atoms with Crippen LogP contribution in [0.1, 0.15) is 21.1 Å². The van der Waals surface area contributed by atoms with Gasteiger partial charge in [-0.1, -0.05) is 6.07 Å². The van der Waals surface area contributed by atoms with Crippen LogP contribution in [0.25, 0.3) is 5.52 Å². The third-order valence-corrected chi connectivity index (χ3v) is 5.52. The number of likely N-dealkylation sites (N-methyl/N-ethyl adjacent to an activating group) is 2. The van der Waals surface area contributed by atoms with Crippen molar-refractivity contribution in [1.29, 1.82) is 0 Å². The Morgan fingerprint density at radius 1 is 0.815 bits per heavy atom. The monoisotopic (exact) mass is 370 g/mol. The molecule has 2 fully saturated rings. The highest BCUT2D eigenvalue weighted by molar-refractivity contribution is 6.02. The van der Waals surface area contributed by atoms with Gasteiger partial charge in [-0.3, -0.25) is 14.0 Å². The van der Waals surface area contributed by atoms with Crippen molar-refractivity contribution in [1.82, 2.24) is 29.0 Å². The molecule has 0 radical (unpaired) electrons. The Bertz CT molecular complexity index is 779. The van der Waals surface area contributed by atoms with Gasteiger partial charge in [0.25, 0.3) is 11.8 Å². The maximum Gasteiger partial charge on any atom is 0.290 e. The average molecular weight is 370 g/mol. The Balaban J connectivity index is 1.65. The van der Waals surface area contributed by atoms with Crippen molar-refractivity contribution < 1.29 is 9.59 Å². The number of carbonyl (C=O) groups excluding carboxylic acids is 2. The van der Waals surface area contributed by atoms with Gasteiger partial charge in [-0.05, 0) is 26.2 Å².